The number of nitrogens with one attached hydrogen (secondary N) is 1. The lowest BCUT2D eigenvalue weighted by molar-refractivity contribution is -0.142. The summed E-state index contributed by atoms with van der Waals surface area (Å²) in [5, 5.41) is 5.20. The van der Waals surface area contributed by atoms with Crippen molar-refractivity contribution in [2.24, 2.45) is 0 Å². The molecule has 0 unspecified atom stereocenters. The second-order valence-electron chi connectivity index (χ2n) is 7.64. The molecule has 0 aliphatic rings. The van der Waals surface area contributed by atoms with Crippen LogP contribution in [-0.2, 0) is 22.5 Å². The molecule has 4 rings (SSSR count). The molecule has 33 heavy (non-hydrogen) atoms. The molecule has 1 aromatic heterocycles. The van der Waals surface area contributed by atoms with Gasteiger partial charge >= 0.3 is 5.97 Å². The van der Waals surface area contributed by atoms with E-state index in [-0.39, 0.29) is 12.4 Å². The SMILES string of the molecule is CCOC(=O)Cc1ccccc1CNc1cccc(/C=C/c2ccc3ccc(Cl)cc3n2)c1. The van der Waals surface area contributed by atoms with Crippen LogP contribution in [0.25, 0.3) is 23.1 Å². The van der Waals surface area contributed by atoms with Gasteiger partial charge in [0.05, 0.1) is 24.2 Å². The van der Waals surface area contributed by atoms with Crippen LogP contribution in [0.15, 0.2) is 78.9 Å². The van der Waals surface area contributed by atoms with Gasteiger partial charge in [-0.15, -0.1) is 0 Å². The number of hydrogen-bond donors (Lipinski definition) is 1. The van der Waals surface area contributed by atoms with Crippen LogP contribution in [0.2, 0.25) is 5.02 Å². The number of ether oxygens (including phenoxy) is 1. The van der Waals surface area contributed by atoms with Crippen LogP contribution >= 0.6 is 11.6 Å². The van der Waals surface area contributed by atoms with Gasteiger partial charge in [-0.25, -0.2) is 4.98 Å². The van der Waals surface area contributed by atoms with E-state index in [1.807, 2.05) is 91.9 Å². The highest BCUT2D eigenvalue weighted by Gasteiger charge is 2.08. The van der Waals surface area contributed by atoms with E-state index in [0.717, 1.165) is 39.0 Å². The summed E-state index contributed by atoms with van der Waals surface area (Å²) in [6.07, 6.45) is 4.31. The van der Waals surface area contributed by atoms with Crippen molar-refractivity contribution in [2.75, 3.05) is 11.9 Å². The number of nitrogens with zero attached hydrogens (tertiary/aromatic N) is 1. The molecule has 0 spiro atoms. The number of carbonyl (C=O) groups excluding carboxylic acids is 1. The number of esters is 1. The van der Waals surface area contributed by atoms with Crippen LogP contribution in [0.5, 0.6) is 0 Å². The molecule has 0 aliphatic heterocycles. The van der Waals surface area contributed by atoms with E-state index >= 15 is 0 Å². The number of fused-ring (bicyclic) bond motifs is 1. The Morgan fingerprint density at radius 1 is 0.970 bits per heavy atom. The fourth-order valence-electron chi connectivity index (χ4n) is 3.60. The minimum absolute atomic E-state index is 0.207. The van der Waals surface area contributed by atoms with Crippen LogP contribution in [0.4, 0.5) is 5.69 Å². The lowest BCUT2D eigenvalue weighted by Gasteiger charge is -2.12. The number of carbonyl (C=O) groups is 1. The highest BCUT2D eigenvalue weighted by Crippen LogP contribution is 2.20. The van der Waals surface area contributed by atoms with Gasteiger partial charge < -0.3 is 10.1 Å². The van der Waals surface area contributed by atoms with Crippen molar-refractivity contribution in [3.8, 4) is 0 Å². The highest BCUT2D eigenvalue weighted by atomic mass is 35.5. The lowest BCUT2D eigenvalue weighted by atomic mass is 10.0. The number of halogens is 1. The average Bonchev–Trinajstić information content (AvgIpc) is 2.82. The quantitative estimate of drug-likeness (QED) is 0.297. The Kier molecular flexibility index (Phi) is 7.38. The van der Waals surface area contributed by atoms with E-state index in [4.69, 9.17) is 16.3 Å². The molecule has 3 aromatic carbocycles. The number of anilines is 1. The average molecular weight is 457 g/mol. The number of hydrogen-bond acceptors (Lipinski definition) is 4. The van der Waals surface area contributed by atoms with E-state index in [9.17, 15) is 4.79 Å². The molecule has 1 N–H and O–H groups in total. The van der Waals surface area contributed by atoms with Crippen molar-refractivity contribution in [3.63, 3.8) is 0 Å². The Morgan fingerprint density at radius 2 is 1.79 bits per heavy atom. The zero-order valence-electron chi connectivity index (χ0n) is 18.4. The van der Waals surface area contributed by atoms with Crippen molar-refractivity contribution < 1.29 is 9.53 Å². The second kappa shape index (κ2) is 10.8. The fourth-order valence-corrected chi connectivity index (χ4v) is 3.77. The molecule has 0 atom stereocenters. The van der Waals surface area contributed by atoms with Gasteiger partial charge in [0.2, 0.25) is 0 Å². The van der Waals surface area contributed by atoms with Crippen molar-refractivity contribution in [1.29, 1.82) is 0 Å². The molecule has 0 saturated carbocycles. The van der Waals surface area contributed by atoms with Gasteiger partial charge in [0.25, 0.3) is 0 Å². The first-order chi connectivity index (χ1) is 16.1. The second-order valence-corrected chi connectivity index (χ2v) is 8.07. The Labute approximate surface area is 198 Å². The first kappa shape index (κ1) is 22.6. The Bertz CT molecular complexity index is 1300. The van der Waals surface area contributed by atoms with Crippen LogP contribution in [0.1, 0.15) is 29.3 Å². The van der Waals surface area contributed by atoms with Crippen molar-refractivity contribution >= 4 is 46.3 Å². The summed E-state index contributed by atoms with van der Waals surface area (Å²) in [4.78, 5) is 16.6. The molecule has 0 amide bonds. The first-order valence-electron chi connectivity index (χ1n) is 10.9. The summed E-state index contributed by atoms with van der Waals surface area (Å²) in [6.45, 7) is 2.83. The van der Waals surface area contributed by atoms with Gasteiger partial charge in [0.1, 0.15) is 0 Å². The van der Waals surface area contributed by atoms with E-state index in [2.05, 4.69) is 16.4 Å². The number of rotatable bonds is 8. The van der Waals surface area contributed by atoms with E-state index in [0.29, 0.717) is 18.2 Å². The third kappa shape index (κ3) is 6.21. The molecule has 0 saturated heterocycles. The van der Waals surface area contributed by atoms with Crippen molar-refractivity contribution in [3.05, 3.63) is 106 Å². The molecule has 4 aromatic rings. The molecule has 0 bridgehead atoms. The highest BCUT2D eigenvalue weighted by molar-refractivity contribution is 6.31. The summed E-state index contributed by atoms with van der Waals surface area (Å²) in [5.41, 5.74) is 5.86. The van der Waals surface area contributed by atoms with Gasteiger partial charge in [-0.3, -0.25) is 4.79 Å². The summed E-state index contributed by atoms with van der Waals surface area (Å²) < 4.78 is 5.09. The van der Waals surface area contributed by atoms with Gasteiger partial charge in [0.15, 0.2) is 0 Å². The molecule has 0 fully saturated rings. The molecule has 166 valence electrons. The molecule has 4 nitrogen and oxygen atoms in total. The minimum Gasteiger partial charge on any atom is -0.466 e. The predicted molar refractivity (Wildman–Crippen MR) is 136 cm³/mol. The van der Waals surface area contributed by atoms with E-state index in [1.165, 1.54) is 0 Å². The maximum absolute atomic E-state index is 11.9. The van der Waals surface area contributed by atoms with Crippen LogP contribution in [0.3, 0.4) is 0 Å². The summed E-state index contributed by atoms with van der Waals surface area (Å²) >= 11 is 6.10. The van der Waals surface area contributed by atoms with Gasteiger partial charge in [0, 0.05) is 22.6 Å². The van der Waals surface area contributed by atoms with E-state index in [1.54, 1.807) is 0 Å². The zero-order valence-corrected chi connectivity index (χ0v) is 19.2. The van der Waals surface area contributed by atoms with Crippen molar-refractivity contribution in [2.45, 2.75) is 19.9 Å². The largest absolute Gasteiger partial charge is 0.466 e. The summed E-state index contributed by atoms with van der Waals surface area (Å²) in [7, 11) is 0. The molecule has 1 heterocycles. The molecule has 5 heteroatoms. The first-order valence-corrected chi connectivity index (χ1v) is 11.3. The molecule has 0 radical (unpaired) electrons. The predicted octanol–water partition coefficient (Wildman–Crippen LogP) is 6.78. The zero-order chi connectivity index (χ0) is 23.0. The van der Waals surface area contributed by atoms with Gasteiger partial charge in [-0.05, 0) is 60.0 Å². The molecular formula is C28H25ClN2O2. The minimum atomic E-state index is -0.207. The van der Waals surface area contributed by atoms with Crippen LogP contribution in [0, 0.1) is 0 Å². The third-order valence-electron chi connectivity index (χ3n) is 5.25. The smallest absolute Gasteiger partial charge is 0.310 e. The van der Waals surface area contributed by atoms with Crippen LogP contribution in [-0.4, -0.2) is 17.6 Å². The number of pyridine rings is 1. The maximum atomic E-state index is 11.9. The van der Waals surface area contributed by atoms with E-state index < -0.39 is 0 Å². The number of benzene rings is 3. The summed E-state index contributed by atoms with van der Waals surface area (Å²) in [5.74, 6) is -0.207. The molecular weight excluding hydrogens is 432 g/mol. The Morgan fingerprint density at radius 3 is 2.64 bits per heavy atom. The lowest BCUT2D eigenvalue weighted by Crippen LogP contribution is -2.10. The Hall–Kier alpha value is -3.63. The topological polar surface area (TPSA) is 51.2 Å². The standard InChI is InChI=1S/C28H25ClN2O2/c1-2-33-28(32)17-22-7-3-4-8-23(22)19-30-26-9-5-6-20(16-26)10-14-25-15-12-21-11-13-24(29)18-27(21)31-25/h3-16,18,30H,2,17,19H2,1H3/b14-10+. The molecule has 0 aliphatic carbocycles. The maximum Gasteiger partial charge on any atom is 0.310 e. The van der Waals surface area contributed by atoms with Gasteiger partial charge in [-0.2, -0.15) is 0 Å². The fraction of sp³-hybridized carbons (Fsp3) is 0.143. The monoisotopic (exact) mass is 456 g/mol. The van der Waals surface area contributed by atoms with Crippen molar-refractivity contribution in [1.82, 2.24) is 4.98 Å². The normalized spacial score (nSPS) is 11.1. The van der Waals surface area contributed by atoms with Crippen LogP contribution < -0.4 is 5.32 Å². The third-order valence-corrected chi connectivity index (χ3v) is 5.49. The van der Waals surface area contributed by atoms with Gasteiger partial charge in [-0.1, -0.05) is 66.2 Å². The Balaban J connectivity index is 1.44. The summed E-state index contributed by atoms with van der Waals surface area (Å²) in [6, 6.07) is 25.9. The number of aromatic nitrogens is 1.